The van der Waals surface area contributed by atoms with E-state index in [0.29, 0.717) is 5.95 Å². The highest BCUT2D eigenvalue weighted by Crippen LogP contribution is 2.23. The number of benzene rings is 2. The third kappa shape index (κ3) is 3.19. The summed E-state index contributed by atoms with van der Waals surface area (Å²) in [7, 11) is 0. The third-order valence-electron chi connectivity index (χ3n) is 3.51. The van der Waals surface area contributed by atoms with Crippen molar-refractivity contribution in [1.29, 1.82) is 0 Å². The van der Waals surface area contributed by atoms with Gasteiger partial charge in [0.15, 0.2) is 0 Å². The predicted molar refractivity (Wildman–Crippen MR) is 88.4 cm³/mol. The van der Waals surface area contributed by atoms with Crippen molar-refractivity contribution < 1.29 is 0 Å². The van der Waals surface area contributed by atoms with Crippen LogP contribution in [-0.2, 0) is 0 Å². The van der Waals surface area contributed by atoms with E-state index >= 15 is 0 Å². The second kappa shape index (κ2) is 6.35. The number of aromatic nitrogens is 2. The van der Waals surface area contributed by atoms with Gasteiger partial charge in [-0.3, -0.25) is 0 Å². The van der Waals surface area contributed by atoms with Gasteiger partial charge in [-0.15, -0.1) is 0 Å². The molecule has 0 aliphatic heterocycles. The molecule has 0 aliphatic carbocycles. The molecule has 0 spiro atoms. The summed E-state index contributed by atoms with van der Waals surface area (Å²) in [6, 6.07) is 16.7. The second-order valence-electron chi connectivity index (χ2n) is 5.11. The summed E-state index contributed by atoms with van der Waals surface area (Å²) < 4.78 is 0. The third-order valence-corrected chi connectivity index (χ3v) is 3.51. The van der Waals surface area contributed by atoms with Gasteiger partial charge in [0.2, 0.25) is 5.95 Å². The van der Waals surface area contributed by atoms with Crippen LogP contribution in [-0.4, -0.2) is 16.5 Å². The molecule has 0 fully saturated rings. The first-order valence-corrected chi connectivity index (χ1v) is 7.43. The Hall–Kier alpha value is -2.42. The predicted octanol–water partition coefficient (Wildman–Crippen LogP) is 4.51. The van der Waals surface area contributed by atoms with E-state index in [4.69, 9.17) is 0 Å². The molecule has 0 bridgehead atoms. The van der Waals surface area contributed by atoms with Gasteiger partial charge in [-0.25, -0.2) is 9.97 Å². The number of rotatable bonds is 5. The lowest BCUT2D eigenvalue weighted by Crippen LogP contribution is -2.05. The molecule has 1 N–H and O–H groups in total. The normalized spacial score (nSPS) is 10.7. The van der Waals surface area contributed by atoms with Crippen molar-refractivity contribution in [2.75, 3.05) is 11.9 Å². The lowest BCUT2D eigenvalue weighted by atomic mass is 10.1. The lowest BCUT2D eigenvalue weighted by Gasteiger charge is -2.07. The van der Waals surface area contributed by atoms with Crippen molar-refractivity contribution >= 4 is 16.7 Å². The van der Waals surface area contributed by atoms with Crippen LogP contribution in [0.3, 0.4) is 0 Å². The molecule has 3 rings (SSSR count). The first kappa shape index (κ1) is 13.6. The smallest absolute Gasteiger partial charge is 0.223 e. The highest BCUT2D eigenvalue weighted by molar-refractivity contribution is 5.86. The van der Waals surface area contributed by atoms with E-state index in [1.165, 1.54) is 10.8 Å². The number of hydrogen-bond acceptors (Lipinski definition) is 3. The minimum absolute atomic E-state index is 0.703. The number of nitrogens with one attached hydrogen (secondary N) is 1. The van der Waals surface area contributed by atoms with Crippen molar-refractivity contribution in [3.63, 3.8) is 0 Å². The van der Waals surface area contributed by atoms with Gasteiger partial charge in [-0.1, -0.05) is 49.7 Å². The molecule has 106 valence electrons. The van der Waals surface area contributed by atoms with Crippen molar-refractivity contribution in [3.8, 4) is 11.3 Å². The maximum Gasteiger partial charge on any atom is 0.223 e. The Kier molecular flexibility index (Phi) is 4.10. The van der Waals surface area contributed by atoms with Crippen LogP contribution in [0.5, 0.6) is 0 Å². The number of nitrogens with zero attached hydrogens (tertiary/aromatic N) is 2. The van der Waals surface area contributed by atoms with Crippen LogP contribution in [0.15, 0.2) is 54.7 Å². The molecule has 0 unspecified atom stereocenters. The molecule has 0 saturated heterocycles. The molecule has 2 aromatic carbocycles. The van der Waals surface area contributed by atoms with Crippen molar-refractivity contribution in [2.45, 2.75) is 19.8 Å². The SMILES string of the molecule is CCCCNc1nccc(-c2ccc3ccccc3c2)n1. The number of anilines is 1. The fourth-order valence-corrected chi connectivity index (χ4v) is 2.33. The molecule has 0 saturated carbocycles. The van der Waals surface area contributed by atoms with Gasteiger partial charge >= 0.3 is 0 Å². The van der Waals surface area contributed by atoms with Gasteiger partial charge in [-0.2, -0.15) is 0 Å². The average Bonchev–Trinajstić information content (AvgIpc) is 2.55. The second-order valence-corrected chi connectivity index (χ2v) is 5.11. The van der Waals surface area contributed by atoms with Crippen LogP contribution in [0, 0.1) is 0 Å². The van der Waals surface area contributed by atoms with Gasteiger partial charge in [0, 0.05) is 18.3 Å². The number of fused-ring (bicyclic) bond motifs is 1. The largest absolute Gasteiger partial charge is 0.354 e. The minimum atomic E-state index is 0.703. The van der Waals surface area contributed by atoms with Crippen LogP contribution in [0.25, 0.3) is 22.0 Å². The van der Waals surface area contributed by atoms with Crippen LogP contribution in [0.1, 0.15) is 19.8 Å². The highest BCUT2D eigenvalue weighted by atomic mass is 15.1. The first-order valence-electron chi connectivity index (χ1n) is 7.43. The van der Waals surface area contributed by atoms with Crippen molar-refractivity contribution in [1.82, 2.24) is 9.97 Å². The average molecular weight is 277 g/mol. The Morgan fingerprint density at radius 1 is 1.00 bits per heavy atom. The highest BCUT2D eigenvalue weighted by Gasteiger charge is 2.03. The molecule has 3 heteroatoms. The molecule has 0 amide bonds. The van der Waals surface area contributed by atoms with Gasteiger partial charge in [-0.05, 0) is 29.3 Å². The summed E-state index contributed by atoms with van der Waals surface area (Å²) in [5.41, 5.74) is 2.07. The van der Waals surface area contributed by atoms with Crippen LogP contribution in [0.4, 0.5) is 5.95 Å². The molecular weight excluding hydrogens is 258 g/mol. The van der Waals surface area contributed by atoms with E-state index in [0.717, 1.165) is 30.6 Å². The van der Waals surface area contributed by atoms with E-state index in [9.17, 15) is 0 Å². The van der Waals surface area contributed by atoms with Crippen molar-refractivity contribution in [2.24, 2.45) is 0 Å². The summed E-state index contributed by atoms with van der Waals surface area (Å²) in [5, 5.41) is 5.75. The zero-order chi connectivity index (χ0) is 14.5. The fourth-order valence-electron chi connectivity index (χ4n) is 2.33. The quantitative estimate of drug-likeness (QED) is 0.697. The Balaban J connectivity index is 1.89. The summed E-state index contributed by atoms with van der Waals surface area (Å²) in [6.07, 6.45) is 4.10. The number of unbranched alkanes of at least 4 members (excludes halogenated alkanes) is 1. The molecule has 21 heavy (non-hydrogen) atoms. The fraction of sp³-hybridized carbons (Fsp3) is 0.222. The van der Waals surface area contributed by atoms with E-state index in [1.807, 2.05) is 12.3 Å². The zero-order valence-corrected chi connectivity index (χ0v) is 12.2. The van der Waals surface area contributed by atoms with E-state index < -0.39 is 0 Å². The molecule has 1 heterocycles. The van der Waals surface area contributed by atoms with Crippen LogP contribution < -0.4 is 5.32 Å². The zero-order valence-electron chi connectivity index (χ0n) is 12.2. The Morgan fingerprint density at radius 3 is 2.71 bits per heavy atom. The lowest BCUT2D eigenvalue weighted by molar-refractivity contribution is 0.826. The van der Waals surface area contributed by atoms with Gasteiger partial charge in [0.05, 0.1) is 5.69 Å². The topological polar surface area (TPSA) is 37.8 Å². The van der Waals surface area contributed by atoms with Crippen LogP contribution in [0.2, 0.25) is 0 Å². The van der Waals surface area contributed by atoms with Gasteiger partial charge in [0.1, 0.15) is 0 Å². The molecule has 1 aromatic heterocycles. The Bertz CT molecular complexity index is 737. The maximum atomic E-state index is 4.60. The molecule has 0 atom stereocenters. The van der Waals surface area contributed by atoms with E-state index in [1.54, 1.807) is 0 Å². The Morgan fingerprint density at radius 2 is 1.86 bits per heavy atom. The van der Waals surface area contributed by atoms with Gasteiger partial charge in [0.25, 0.3) is 0 Å². The first-order chi connectivity index (χ1) is 10.4. The monoisotopic (exact) mass is 277 g/mol. The summed E-state index contributed by atoms with van der Waals surface area (Å²) >= 11 is 0. The Labute approximate surface area is 125 Å². The van der Waals surface area contributed by atoms with Gasteiger partial charge < -0.3 is 5.32 Å². The van der Waals surface area contributed by atoms with E-state index in [2.05, 4.69) is 64.7 Å². The molecule has 3 nitrogen and oxygen atoms in total. The molecular formula is C18H19N3. The summed E-state index contributed by atoms with van der Waals surface area (Å²) in [4.78, 5) is 8.88. The standard InChI is InChI=1S/C18H19N3/c1-2-3-11-19-18-20-12-10-17(21-18)16-9-8-14-6-4-5-7-15(14)13-16/h4-10,12-13H,2-3,11H2,1H3,(H,19,20,21). The number of hydrogen-bond donors (Lipinski definition) is 1. The van der Waals surface area contributed by atoms with E-state index in [-0.39, 0.29) is 0 Å². The minimum Gasteiger partial charge on any atom is -0.354 e. The molecule has 0 aliphatic rings. The summed E-state index contributed by atoms with van der Waals surface area (Å²) in [5.74, 6) is 0.703. The molecule has 3 aromatic rings. The van der Waals surface area contributed by atoms with Crippen molar-refractivity contribution in [3.05, 3.63) is 54.7 Å². The molecule has 0 radical (unpaired) electrons. The summed E-state index contributed by atoms with van der Waals surface area (Å²) in [6.45, 7) is 3.09. The van der Waals surface area contributed by atoms with Crippen LogP contribution >= 0.6 is 0 Å². The maximum absolute atomic E-state index is 4.60.